The van der Waals surface area contributed by atoms with E-state index in [1.807, 2.05) is 6.07 Å². The summed E-state index contributed by atoms with van der Waals surface area (Å²) in [5.41, 5.74) is 0.759. The van der Waals surface area contributed by atoms with Gasteiger partial charge in [0.25, 0.3) is 11.8 Å². The van der Waals surface area contributed by atoms with E-state index in [9.17, 15) is 24.0 Å². The number of benzene rings is 1. The number of hydrogen-bond donors (Lipinski definition) is 1. The zero-order valence-electron chi connectivity index (χ0n) is 24.9. The molecule has 0 aliphatic heterocycles. The average molecular weight is 588 g/mol. The summed E-state index contributed by atoms with van der Waals surface area (Å²) in [4.78, 5) is 66.3. The molecule has 0 aromatic heterocycles. The van der Waals surface area contributed by atoms with Gasteiger partial charge in [-0.25, -0.2) is 9.59 Å². The molecule has 2 aliphatic carbocycles. The molecule has 11 nitrogen and oxygen atoms in total. The molecule has 11 heteroatoms. The van der Waals surface area contributed by atoms with E-state index < -0.39 is 37.3 Å². The summed E-state index contributed by atoms with van der Waals surface area (Å²) in [5, 5.41) is 2.44. The number of esters is 2. The molecule has 3 rings (SSSR count). The van der Waals surface area contributed by atoms with Crippen LogP contribution in [0.2, 0.25) is 0 Å². The molecule has 1 aromatic rings. The van der Waals surface area contributed by atoms with Crippen LogP contribution in [0.4, 0.5) is 4.79 Å². The lowest BCUT2D eigenvalue weighted by atomic mass is 9.94. The Kier molecular flexibility index (Phi) is 13.6. The molecular formula is C31H45N3O8. The molecule has 2 saturated carbocycles. The Bertz CT molecular complexity index is 1040. The van der Waals surface area contributed by atoms with E-state index in [0.29, 0.717) is 0 Å². The Balaban J connectivity index is 1.50. The number of ether oxygens (including phenoxy) is 3. The Morgan fingerprint density at radius 3 is 1.83 bits per heavy atom. The minimum absolute atomic E-state index is 0.0161. The summed E-state index contributed by atoms with van der Waals surface area (Å²) in [7, 11) is 3.42. The van der Waals surface area contributed by atoms with Crippen molar-refractivity contribution in [1.29, 1.82) is 0 Å². The van der Waals surface area contributed by atoms with Gasteiger partial charge in [0.05, 0.1) is 0 Å². The van der Waals surface area contributed by atoms with Crippen molar-refractivity contribution >= 4 is 29.8 Å². The van der Waals surface area contributed by atoms with E-state index in [0.717, 1.165) is 69.8 Å². The quantitative estimate of drug-likeness (QED) is 0.273. The monoisotopic (exact) mass is 587 g/mol. The first kappa shape index (κ1) is 32.9. The fourth-order valence-electron chi connectivity index (χ4n) is 5.41. The number of nitrogens with one attached hydrogen (secondary N) is 1. The van der Waals surface area contributed by atoms with Crippen molar-refractivity contribution < 1.29 is 38.2 Å². The number of nitrogens with zero attached hydrogens (tertiary/aromatic N) is 2. The lowest BCUT2D eigenvalue weighted by molar-refractivity contribution is -0.155. The number of hydrogen-bond acceptors (Lipinski definition) is 8. The molecule has 0 unspecified atom stereocenters. The van der Waals surface area contributed by atoms with Gasteiger partial charge in [-0.05, 0) is 37.7 Å². The highest BCUT2D eigenvalue weighted by Crippen LogP contribution is 2.22. The standard InChI is InChI=1S/C31H45N3O8/c1-33(24-14-8-4-9-15-24)27(35)21-40-29(37)19-18-26(32-31(39)42-20-23-12-6-3-7-13-23)30(38)41-22-28(36)34(2)25-16-10-5-11-17-25/h3,6-7,12-13,24-26H,4-5,8-11,14-22H2,1-2H3,(H,32,39)/t26-/m1/s1. The van der Waals surface area contributed by atoms with Crippen molar-refractivity contribution in [3.63, 3.8) is 0 Å². The third kappa shape index (κ3) is 11.0. The summed E-state index contributed by atoms with van der Waals surface area (Å²) in [5.74, 6) is -2.17. The molecule has 1 aromatic carbocycles. The molecule has 1 N–H and O–H groups in total. The number of rotatable bonds is 13. The normalized spacial score (nSPS) is 16.5. The zero-order valence-corrected chi connectivity index (χ0v) is 24.9. The molecule has 42 heavy (non-hydrogen) atoms. The predicted octanol–water partition coefficient (Wildman–Crippen LogP) is 3.73. The van der Waals surface area contributed by atoms with Crippen LogP contribution in [0, 0.1) is 0 Å². The van der Waals surface area contributed by atoms with E-state index in [1.54, 1.807) is 48.2 Å². The van der Waals surface area contributed by atoms with Crippen molar-refractivity contribution in [3.8, 4) is 0 Å². The molecule has 232 valence electrons. The van der Waals surface area contributed by atoms with Gasteiger partial charge < -0.3 is 29.3 Å². The first-order valence-electron chi connectivity index (χ1n) is 15.1. The fourth-order valence-corrected chi connectivity index (χ4v) is 5.41. The first-order valence-corrected chi connectivity index (χ1v) is 15.1. The third-order valence-corrected chi connectivity index (χ3v) is 8.15. The molecule has 0 bridgehead atoms. The van der Waals surface area contributed by atoms with E-state index in [1.165, 1.54) is 0 Å². The second-order valence-corrected chi connectivity index (χ2v) is 11.2. The summed E-state index contributed by atoms with van der Waals surface area (Å²) in [6.07, 6.45) is 8.97. The number of likely N-dealkylation sites (N-methyl/N-ethyl adjacent to an activating group) is 2. The van der Waals surface area contributed by atoms with Crippen molar-refractivity contribution in [3.05, 3.63) is 35.9 Å². The maximum absolute atomic E-state index is 12.9. The molecular weight excluding hydrogens is 542 g/mol. The van der Waals surface area contributed by atoms with Crippen LogP contribution in [-0.2, 0) is 40.0 Å². The smallest absolute Gasteiger partial charge is 0.408 e. The maximum atomic E-state index is 12.9. The van der Waals surface area contributed by atoms with Crippen LogP contribution in [-0.4, -0.2) is 85.1 Å². The molecule has 2 fully saturated rings. The lowest BCUT2D eigenvalue weighted by Crippen LogP contribution is -2.45. The topological polar surface area (TPSA) is 132 Å². The van der Waals surface area contributed by atoms with Gasteiger partial charge in [0.15, 0.2) is 13.2 Å². The van der Waals surface area contributed by atoms with E-state index in [4.69, 9.17) is 14.2 Å². The van der Waals surface area contributed by atoms with Crippen molar-refractivity contribution in [2.45, 2.75) is 102 Å². The third-order valence-electron chi connectivity index (χ3n) is 8.15. The second-order valence-electron chi connectivity index (χ2n) is 11.2. The molecule has 1 atom stereocenters. The summed E-state index contributed by atoms with van der Waals surface area (Å²) >= 11 is 0. The molecule has 0 spiro atoms. The SMILES string of the molecule is CN(C(=O)COC(=O)CC[C@@H](NC(=O)OCc1ccccc1)C(=O)OCC(=O)N(C)C1CCCCC1)C1CCCCC1. The molecule has 0 saturated heterocycles. The van der Waals surface area contributed by atoms with Crippen LogP contribution in [0.25, 0.3) is 0 Å². The number of alkyl carbamates (subject to hydrolysis) is 1. The Morgan fingerprint density at radius 1 is 0.762 bits per heavy atom. The highest BCUT2D eigenvalue weighted by atomic mass is 16.6. The maximum Gasteiger partial charge on any atom is 0.408 e. The second kappa shape index (κ2) is 17.4. The molecule has 3 amide bonds. The van der Waals surface area contributed by atoms with E-state index in [2.05, 4.69) is 5.32 Å². The van der Waals surface area contributed by atoms with Gasteiger partial charge in [-0.3, -0.25) is 14.4 Å². The number of carbonyl (C=O) groups is 5. The minimum Gasteiger partial charge on any atom is -0.456 e. The highest BCUT2D eigenvalue weighted by Gasteiger charge is 2.28. The highest BCUT2D eigenvalue weighted by molar-refractivity contribution is 5.85. The van der Waals surface area contributed by atoms with E-state index >= 15 is 0 Å². The number of carbonyl (C=O) groups excluding carboxylic acids is 5. The van der Waals surface area contributed by atoms with Gasteiger partial charge in [0.1, 0.15) is 12.6 Å². The largest absolute Gasteiger partial charge is 0.456 e. The van der Waals surface area contributed by atoms with Crippen LogP contribution >= 0.6 is 0 Å². The number of amides is 3. The molecule has 0 radical (unpaired) electrons. The van der Waals surface area contributed by atoms with Crippen LogP contribution in [0.1, 0.15) is 82.6 Å². The van der Waals surface area contributed by atoms with Gasteiger partial charge in [-0.15, -0.1) is 0 Å². The summed E-state index contributed by atoms with van der Waals surface area (Å²) in [6.45, 7) is -0.886. The van der Waals surface area contributed by atoms with Gasteiger partial charge in [0, 0.05) is 32.6 Å². The Morgan fingerprint density at radius 2 is 1.29 bits per heavy atom. The van der Waals surface area contributed by atoms with Gasteiger partial charge in [-0.1, -0.05) is 68.9 Å². The zero-order chi connectivity index (χ0) is 30.3. The average Bonchev–Trinajstić information content (AvgIpc) is 3.03. The van der Waals surface area contributed by atoms with Crippen LogP contribution in [0.15, 0.2) is 30.3 Å². The van der Waals surface area contributed by atoms with Crippen molar-refractivity contribution in [1.82, 2.24) is 15.1 Å². The van der Waals surface area contributed by atoms with Crippen LogP contribution < -0.4 is 5.32 Å². The lowest BCUT2D eigenvalue weighted by Gasteiger charge is -2.31. The van der Waals surface area contributed by atoms with Gasteiger partial charge >= 0.3 is 18.0 Å². The molecule has 0 heterocycles. The molecule has 2 aliphatic rings. The van der Waals surface area contributed by atoms with Crippen molar-refractivity contribution in [2.24, 2.45) is 0 Å². The minimum atomic E-state index is -1.26. The van der Waals surface area contributed by atoms with Crippen LogP contribution in [0.5, 0.6) is 0 Å². The summed E-state index contributed by atoms with van der Waals surface area (Å²) < 4.78 is 15.6. The Labute approximate surface area is 248 Å². The van der Waals surface area contributed by atoms with Gasteiger partial charge in [-0.2, -0.15) is 0 Å². The Hall–Kier alpha value is -3.63. The van der Waals surface area contributed by atoms with Crippen LogP contribution in [0.3, 0.4) is 0 Å². The predicted molar refractivity (Wildman–Crippen MR) is 154 cm³/mol. The van der Waals surface area contributed by atoms with Gasteiger partial charge in [0.2, 0.25) is 0 Å². The van der Waals surface area contributed by atoms with Crippen molar-refractivity contribution in [2.75, 3.05) is 27.3 Å². The fraction of sp³-hybridized carbons (Fsp3) is 0.645. The first-order chi connectivity index (χ1) is 20.2. The summed E-state index contributed by atoms with van der Waals surface area (Å²) in [6, 6.07) is 8.03. The van der Waals surface area contributed by atoms with E-state index in [-0.39, 0.29) is 43.3 Å².